The predicted octanol–water partition coefficient (Wildman–Crippen LogP) is 3.16. The van der Waals surface area contributed by atoms with Gasteiger partial charge in [-0.3, -0.25) is 9.59 Å². The number of nitrogens with zero attached hydrogens (tertiary/aromatic N) is 1. The third-order valence-electron chi connectivity index (χ3n) is 3.88. The number of hydrogen-bond acceptors (Lipinski definition) is 4. The standard InChI is InChI=1S/C18H26N2O3S/c1-2-23-16-10-6-5-9-15(16)19-17(21)13-24-14-18(22)20-11-7-3-4-8-12-20/h5-6,9-10H,2-4,7-8,11-14H2,1H3,(H,19,21). The van der Waals surface area contributed by atoms with Crippen molar-refractivity contribution in [3.63, 3.8) is 0 Å². The van der Waals surface area contributed by atoms with Crippen LogP contribution in [0.15, 0.2) is 24.3 Å². The van der Waals surface area contributed by atoms with Crippen molar-refractivity contribution in [3.8, 4) is 5.75 Å². The van der Waals surface area contributed by atoms with Crippen molar-refractivity contribution in [1.82, 2.24) is 4.90 Å². The molecule has 0 saturated carbocycles. The maximum atomic E-state index is 12.2. The van der Waals surface area contributed by atoms with E-state index in [0.29, 0.717) is 23.8 Å². The number of carbonyl (C=O) groups excluding carboxylic acids is 2. The second-order valence-electron chi connectivity index (χ2n) is 5.77. The zero-order valence-electron chi connectivity index (χ0n) is 14.3. The second-order valence-corrected chi connectivity index (χ2v) is 6.75. The summed E-state index contributed by atoms with van der Waals surface area (Å²) in [4.78, 5) is 26.2. The van der Waals surface area contributed by atoms with E-state index in [1.54, 1.807) is 0 Å². The van der Waals surface area contributed by atoms with Crippen molar-refractivity contribution in [2.45, 2.75) is 32.6 Å². The smallest absolute Gasteiger partial charge is 0.234 e. The molecule has 0 atom stereocenters. The number of likely N-dealkylation sites (tertiary alicyclic amines) is 1. The van der Waals surface area contributed by atoms with Crippen LogP contribution in [0.25, 0.3) is 0 Å². The van der Waals surface area contributed by atoms with Gasteiger partial charge in [0, 0.05) is 13.1 Å². The van der Waals surface area contributed by atoms with Crippen LogP contribution in [0.4, 0.5) is 5.69 Å². The minimum Gasteiger partial charge on any atom is -0.492 e. The van der Waals surface area contributed by atoms with Crippen LogP contribution in [-0.2, 0) is 9.59 Å². The van der Waals surface area contributed by atoms with Gasteiger partial charge in [0.15, 0.2) is 0 Å². The first kappa shape index (κ1) is 18.6. The normalized spacial score (nSPS) is 14.8. The molecule has 2 amide bonds. The van der Waals surface area contributed by atoms with Crippen LogP contribution >= 0.6 is 11.8 Å². The topological polar surface area (TPSA) is 58.6 Å². The van der Waals surface area contributed by atoms with Gasteiger partial charge in [-0.15, -0.1) is 11.8 Å². The molecule has 0 bridgehead atoms. The third kappa shape index (κ3) is 6.07. The number of thioether (sulfide) groups is 1. The number of nitrogens with one attached hydrogen (secondary N) is 1. The summed E-state index contributed by atoms with van der Waals surface area (Å²) in [5, 5.41) is 2.85. The molecule has 1 aliphatic rings. The number of anilines is 1. The fraction of sp³-hybridized carbons (Fsp3) is 0.556. The molecule has 1 aromatic rings. The van der Waals surface area contributed by atoms with Crippen molar-refractivity contribution in [2.24, 2.45) is 0 Å². The quantitative estimate of drug-likeness (QED) is 0.821. The van der Waals surface area contributed by atoms with Crippen molar-refractivity contribution in [2.75, 3.05) is 36.5 Å². The number of carbonyl (C=O) groups is 2. The lowest BCUT2D eigenvalue weighted by molar-refractivity contribution is -0.128. The van der Waals surface area contributed by atoms with E-state index in [1.165, 1.54) is 24.6 Å². The highest BCUT2D eigenvalue weighted by Crippen LogP contribution is 2.23. The summed E-state index contributed by atoms with van der Waals surface area (Å²) in [6.45, 7) is 4.16. The summed E-state index contributed by atoms with van der Waals surface area (Å²) in [7, 11) is 0. The number of benzene rings is 1. The molecule has 132 valence electrons. The van der Waals surface area contributed by atoms with Crippen LogP contribution in [0.2, 0.25) is 0 Å². The molecule has 0 aliphatic carbocycles. The van der Waals surface area contributed by atoms with Gasteiger partial charge in [-0.05, 0) is 31.9 Å². The van der Waals surface area contributed by atoms with E-state index in [-0.39, 0.29) is 17.6 Å². The Bertz CT molecular complexity index is 543. The molecular formula is C18H26N2O3S. The van der Waals surface area contributed by atoms with Crippen LogP contribution < -0.4 is 10.1 Å². The van der Waals surface area contributed by atoms with E-state index >= 15 is 0 Å². The minimum absolute atomic E-state index is 0.115. The summed E-state index contributed by atoms with van der Waals surface area (Å²) < 4.78 is 5.49. The first-order valence-corrected chi connectivity index (χ1v) is 9.73. The molecule has 1 aliphatic heterocycles. The van der Waals surface area contributed by atoms with Gasteiger partial charge >= 0.3 is 0 Å². The van der Waals surface area contributed by atoms with Gasteiger partial charge in [-0.25, -0.2) is 0 Å². The van der Waals surface area contributed by atoms with Gasteiger partial charge < -0.3 is 15.0 Å². The lowest BCUT2D eigenvalue weighted by Crippen LogP contribution is -2.33. The summed E-state index contributed by atoms with van der Waals surface area (Å²) in [6.07, 6.45) is 4.59. The van der Waals surface area contributed by atoms with Gasteiger partial charge in [0.1, 0.15) is 5.75 Å². The van der Waals surface area contributed by atoms with E-state index < -0.39 is 0 Å². The molecule has 24 heavy (non-hydrogen) atoms. The predicted molar refractivity (Wildman–Crippen MR) is 98.6 cm³/mol. The molecular weight excluding hydrogens is 324 g/mol. The highest BCUT2D eigenvalue weighted by atomic mass is 32.2. The summed E-state index contributed by atoms with van der Waals surface area (Å²) >= 11 is 1.36. The van der Waals surface area contributed by atoms with E-state index in [2.05, 4.69) is 5.32 Å². The molecule has 1 fully saturated rings. The van der Waals surface area contributed by atoms with Crippen LogP contribution in [-0.4, -0.2) is 47.9 Å². The van der Waals surface area contributed by atoms with Crippen LogP contribution in [0.5, 0.6) is 5.75 Å². The van der Waals surface area contributed by atoms with Gasteiger partial charge in [-0.1, -0.05) is 25.0 Å². The molecule has 0 spiro atoms. The van der Waals surface area contributed by atoms with Crippen LogP contribution in [0.1, 0.15) is 32.6 Å². The summed E-state index contributed by atoms with van der Waals surface area (Å²) in [6, 6.07) is 7.37. The van der Waals surface area contributed by atoms with E-state index in [1.807, 2.05) is 36.1 Å². The van der Waals surface area contributed by atoms with Crippen LogP contribution in [0, 0.1) is 0 Å². The highest BCUT2D eigenvalue weighted by Gasteiger charge is 2.16. The van der Waals surface area contributed by atoms with Gasteiger partial charge in [-0.2, -0.15) is 0 Å². The van der Waals surface area contributed by atoms with Crippen molar-refractivity contribution in [1.29, 1.82) is 0 Å². The largest absolute Gasteiger partial charge is 0.492 e. The molecule has 5 nitrogen and oxygen atoms in total. The first-order chi connectivity index (χ1) is 11.7. The number of rotatable bonds is 7. The Morgan fingerprint density at radius 1 is 1.12 bits per heavy atom. The highest BCUT2D eigenvalue weighted by molar-refractivity contribution is 8.00. The van der Waals surface area contributed by atoms with Gasteiger partial charge in [0.25, 0.3) is 0 Å². The van der Waals surface area contributed by atoms with Gasteiger partial charge in [0.2, 0.25) is 11.8 Å². The lowest BCUT2D eigenvalue weighted by Gasteiger charge is -2.19. The molecule has 1 saturated heterocycles. The van der Waals surface area contributed by atoms with Gasteiger partial charge in [0.05, 0.1) is 23.8 Å². The zero-order valence-corrected chi connectivity index (χ0v) is 15.1. The van der Waals surface area contributed by atoms with E-state index in [0.717, 1.165) is 25.9 Å². The molecule has 0 radical (unpaired) electrons. The number of hydrogen-bond donors (Lipinski definition) is 1. The number of ether oxygens (including phenoxy) is 1. The third-order valence-corrected chi connectivity index (χ3v) is 4.80. The molecule has 1 aromatic carbocycles. The first-order valence-electron chi connectivity index (χ1n) is 8.58. The maximum absolute atomic E-state index is 12.2. The molecule has 0 unspecified atom stereocenters. The Kier molecular flexibility index (Phi) is 7.95. The average molecular weight is 350 g/mol. The number of para-hydroxylation sites is 2. The average Bonchev–Trinajstić information content (AvgIpc) is 2.86. The minimum atomic E-state index is -0.115. The second kappa shape index (κ2) is 10.2. The SMILES string of the molecule is CCOc1ccccc1NC(=O)CSCC(=O)N1CCCCCC1. The van der Waals surface area contributed by atoms with Crippen LogP contribution in [0.3, 0.4) is 0 Å². The molecule has 1 heterocycles. The fourth-order valence-electron chi connectivity index (χ4n) is 2.68. The maximum Gasteiger partial charge on any atom is 0.234 e. The van der Waals surface area contributed by atoms with Crippen molar-refractivity contribution >= 4 is 29.3 Å². The lowest BCUT2D eigenvalue weighted by atomic mass is 10.2. The number of amides is 2. The molecule has 0 aromatic heterocycles. The van der Waals surface area contributed by atoms with Crippen molar-refractivity contribution in [3.05, 3.63) is 24.3 Å². The van der Waals surface area contributed by atoms with Crippen molar-refractivity contribution < 1.29 is 14.3 Å². The van der Waals surface area contributed by atoms with E-state index in [4.69, 9.17) is 4.74 Å². The Balaban J connectivity index is 1.74. The monoisotopic (exact) mass is 350 g/mol. The van der Waals surface area contributed by atoms with E-state index in [9.17, 15) is 9.59 Å². The summed E-state index contributed by atoms with van der Waals surface area (Å²) in [5.41, 5.74) is 0.670. The fourth-order valence-corrected chi connectivity index (χ4v) is 3.40. The molecule has 6 heteroatoms. The Morgan fingerprint density at radius 2 is 1.83 bits per heavy atom. The Morgan fingerprint density at radius 3 is 2.54 bits per heavy atom. The zero-order chi connectivity index (χ0) is 17.2. The Labute approximate surface area is 148 Å². The molecule has 2 rings (SSSR count). The molecule has 1 N–H and O–H groups in total. The summed E-state index contributed by atoms with van der Waals surface area (Å²) in [5.74, 6) is 1.32. The Hall–Kier alpha value is -1.69.